The first kappa shape index (κ1) is 15.0. The average molecular weight is 288 g/mol. The lowest BCUT2D eigenvalue weighted by molar-refractivity contribution is -0.0156. The van der Waals surface area contributed by atoms with Crippen molar-refractivity contribution in [3.8, 4) is 0 Å². The number of likely N-dealkylation sites (tertiary alicyclic amines) is 1. The standard InChI is InChI=1S/C18H28N2O/c1-3-11-21-15-8-6-10-20(13-15)17-12-14-7-4-5-9-16(14)18(17)19-2/h4-5,7,9,15,17-19H,3,6,8,10-13H2,1-2H3. The second-order valence-electron chi connectivity index (χ2n) is 6.37. The molecular weight excluding hydrogens is 260 g/mol. The summed E-state index contributed by atoms with van der Waals surface area (Å²) in [5.41, 5.74) is 3.00. The molecule has 1 aliphatic heterocycles. The van der Waals surface area contributed by atoms with Gasteiger partial charge in [0.15, 0.2) is 0 Å². The van der Waals surface area contributed by atoms with Crippen LogP contribution in [0, 0.1) is 0 Å². The molecule has 2 aliphatic rings. The lowest BCUT2D eigenvalue weighted by atomic mass is 10.0. The van der Waals surface area contributed by atoms with Crippen molar-refractivity contribution in [1.82, 2.24) is 10.2 Å². The molecule has 3 nitrogen and oxygen atoms in total. The van der Waals surface area contributed by atoms with E-state index in [1.54, 1.807) is 0 Å². The minimum atomic E-state index is 0.430. The Kier molecular flexibility index (Phi) is 4.94. The molecular formula is C18H28N2O. The molecule has 116 valence electrons. The van der Waals surface area contributed by atoms with Gasteiger partial charge in [0.1, 0.15) is 0 Å². The molecule has 0 amide bonds. The molecule has 1 saturated heterocycles. The SMILES string of the molecule is CCCOC1CCCN(C2Cc3ccccc3C2NC)C1. The van der Waals surface area contributed by atoms with E-state index in [-0.39, 0.29) is 0 Å². The van der Waals surface area contributed by atoms with E-state index in [1.807, 2.05) is 0 Å². The first-order valence-electron chi connectivity index (χ1n) is 8.44. The van der Waals surface area contributed by atoms with Crippen LogP contribution in [-0.2, 0) is 11.2 Å². The van der Waals surface area contributed by atoms with Crippen LogP contribution in [0.25, 0.3) is 0 Å². The number of likely N-dealkylation sites (N-methyl/N-ethyl adjacent to an activating group) is 1. The van der Waals surface area contributed by atoms with Crippen LogP contribution in [0.3, 0.4) is 0 Å². The van der Waals surface area contributed by atoms with Crippen molar-refractivity contribution in [1.29, 1.82) is 0 Å². The molecule has 1 aromatic carbocycles. The van der Waals surface area contributed by atoms with Crippen LogP contribution >= 0.6 is 0 Å². The summed E-state index contributed by atoms with van der Waals surface area (Å²) < 4.78 is 6.01. The lowest BCUT2D eigenvalue weighted by Gasteiger charge is -2.39. The number of rotatable bonds is 5. The fourth-order valence-electron chi connectivity index (χ4n) is 3.95. The molecule has 1 N–H and O–H groups in total. The van der Waals surface area contributed by atoms with Crippen LogP contribution < -0.4 is 5.32 Å². The summed E-state index contributed by atoms with van der Waals surface area (Å²) in [6, 6.07) is 9.94. The van der Waals surface area contributed by atoms with Gasteiger partial charge in [0.2, 0.25) is 0 Å². The van der Waals surface area contributed by atoms with Crippen molar-refractivity contribution in [3.63, 3.8) is 0 Å². The van der Waals surface area contributed by atoms with Gasteiger partial charge in [-0.1, -0.05) is 31.2 Å². The van der Waals surface area contributed by atoms with Gasteiger partial charge in [0, 0.05) is 25.2 Å². The van der Waals surface area contributed by atoms with Gasteiger partial charge in [0.05, 0.1) is 6.10 Å². The van der Waals surface area contributed by atoms with E-state index < -0.39 is 0 Å². The van der Waals surface area contributed by atoms with E-state index in [2.05, 4.69) is 48.5 Å². The summed E-state index contributed by atoms with van der Waals surface area (Å²) in [5, 5.41) is 3.54. The Balaban J connectivity index is 1.69. The second kappa shape index (κ2) is 6.91. The van der Waals surface area contributed by atoms with E-state index in [9.17, 15) is 0 Å². The molecule has 3 heteroatoms. The molecule has 3 rings (SSSR count). The molecule has 0 spiro atoms. The van der Waals surface area contributed by atoms with Gasteiger partial charge in [-0.05, 0) is 50.4 Å². The minimum absolute atomic E-state index is 0.430. The van der Waals surface area contributed by atoms with Crippen molar-refractivity contribution in [2.75, 3.05) is 26.7 Å². The lowest BCUT2D eigenvalue weighted by Crippen LogP contribution is -2.49. The highest BCUT2D eigenvalue weighted by atomic mass is 16.5. The molecule has 1 aliphatic carbocycles. The Bertz CT molecular complexity index is 462. The van der Waals surface area contributed by atoms with Gasteiger partial charge in [0.25, 0.3) is 0 Å². The molecule has 0 radical (unpaired) electrons. The zero-order valence-electron chi connectivity index (χ0n) is 13.3. The van der Waals surface area contributed by atoms with Gasteiger partial charge in [-0.25, -0.2) is 0 Å². The summed E-state index contributed by atoms with van der Waals surface area (Å²) in [5.74, 6) is 0. The van der Waals surface area contributed by atoms with Crippen molar-refractivity contribution < 1.29 is 4.74 Å². The van der Waals surface area contributed by atoms with E-state index in [0.717, 1.165) is 19.6 Å². The summed E-state index contributed by atoms with van der Waals surface area (Å²) in [7, 11) is 2.09. The highest BCUT2D eigenvalue weighted by Crippen LogP contribution is 2.35. The number of fused-ring (bicyclic) bond motifs is 1. The summed E-state index contributed by atoms with van der Waals surface area (Å²) in [4.78, 5) is 2.66. The Hall–Kier alpha value is -0.900. The predicted octanol–water partition coefficient (Wildman–Crippen LogP) is 2.76. The molecule has 1 aromatic rings. The first-order valence-corrected chi connectivity index (χ1v) is 8.44. The van der Waals surface area contributed by atoms with Crippen molar-refractivity contribution in [2.45, 2.75) is 50.8 Å². The number of hydrogen-bond acceptors (Lipinski definition) is 3. The molecule has 1 fully saturated rings. The van der Waals surface area contributed by atoms with E-state index in [1.165, 1.54) is 36.9 Å². The Morgan fingerprint density at radius 1 is 1.33 bits per heavy atom. The number of nitrogens with one attached hydrogen (secondary N) is 1. The highest BCUT2D eigenvalue weighted by Gasteiger charge is 2.37. The van der Waals surface area contributed by atoms with Crippen LogP contribution in [-0.4, -0.2) is 43.8 Å². The fraction of sp³-hybridized carbons (Fsp3) is 0.667. The average Bonchev–Trinajstić information content (AvgIpc) is 2.91. The number of nitrogens with zero attached hydrogens (tertiary/aromatic N) is 1. The van der Waals surface area contributed by atoms with E-state index in [0.29, 0.717) is 18.2 Å². The zero-order valence-corrected chi connectivity index (χ0v) is 13.3. The molecule has 0 aromatic heterocycles. The Morgan fingerprint density at radius 3 is 3.00 bits per heavy atom. The number of benzene rings is 1. The number of piperidine rings is 1. The summed E-state index contributed by atoms with van der Waals surface area (Å²) >= 11 is 0. The van der Waals surface area contributed by atoms with Crippen molar-refractivity contribution in [2.24, 2.45) is 0 Å². The van der Waals surface area contributed by atoms with Crippen LogP contribution in [0.4, 0.5) is 0 Å². The maximum Gasteiger partial charge on any atom is 0.0702 e. The van der Waals surface area contributed by atoms with Crippen LogP contribution in [0.2, 0.25) is 0 Å². The third-order valence-corrected chi connectivity index (χ3v) is 4.95. The number of hydrogen-bond donors (Lipinski definition) is 1. The molecule has 3 atom stereocenters. The quantitative estimate of drug-likeness (QED) is 0.901. The monoisotopic (exact) mass is 288 g/mol. The Morgan fingerprint density at radius 2 is 2.19 bits per heavy atom. The normalized spacial score (nSPS) is 29.5. The summed E-state index contributed by atoms with van der Waals surface area (Å²) in [6.07, 6.45) is 5.20. The fourth-order valence-corrected chi connectivity index (χ4v) is 3.95. The second-order valence-corrected chi connectivity index (χ2v) is 6.37. The molecule has 3 unspecified atom stereocenters. The van der Waals surface area contributed by atoms with Crippen molar-refractivity contribution >= 4 is 0 Å². The molecule has 21 heavy (non-hydrogen) atoms. The third kappa shape index (κ3) is 3.15. The summed E-state index contributed by atoms with van der Waals surface area (Å²) in [6.45, 7) is 5.39. The van der Waals surface area contributed by atoms with E-state index in [4.69, 9.17) is 4.74 Å². The maximum atomic E-state index is 6.01. The maximum absolute atomic E-state index is 6.01. The first-order chi connectivity index (χ1) is 10.3. The van der Waals surface area contributed by atoms with Gasteiger partial charge in [-0.15, -0.1) is 0 Å². The van der Waals surface area contributed by atoms with Gasteiger partial charge in [-0.3, -0.25) is 4.90 Å². The largest absolute Gasteiger partial charge is 0.377 e. The third-order valence-electron chi connectivity index (χ3n) is 4.95. The minimum Gasteiger partial charge on any atom is -0.377 e. The zero-order chi connectivity index (χ0) is 14.7. The van der Waals surface area contributed by atoms with Gasteiger partial charge < -0.3 is 10.1 Å². The highest BCUT2D eigenvalue weighted by molar-refractivity contribution is 5.37. The predicted molar refractivity (Wildman–Crippen MR) is 86.6 cm³/mol. The number of ether oxygens (including phenoxy) is 1. The van der Waals surface area contributed by atoms with Crippen LogP contribution in [0.15, 0.2) is 24.3 Å². The molecule has 0 saturated carbocycles. The van der Waals surface area contributed by atoms with Crippen molar-refractivity contribution in [3.05, 3.63) is 35.4 Å². The Labute approximate surface area is 128 Å². The van der Waals surface area contributed by atoms with Gasteiger partial charge in [-0.2, -0.15) is 0 Å². The van der Waals surface area contributed by atoms with Gasteiger partial charge >= 0.3 is 0 Å². The topological polar surface area (TPSA) is 24.5 Å². The molecule has 0 bridgehead atoms. The molecule has 1 heterocycles. The van der Waals surface area contributed by atoms with E-state index >= 15 is 0 Å². The smallest absolute Gasteiger partial charge is 0.0702 e. The van der Waals surface area contributed by atoms with Crippen LogP contribution in [0.1, 0.15) is 43.4 Å². The van der Waals surface area contributed by atoms with Crippen LogP contribution in [0.5, 0.6) is 0 Å².